The van der Waals surface area contributed by atoms with E-state index < -0.39 is 0 Å². The Morgan fingerprint density at radius 3 is 2.77 bits per heavy atom. The number of amides is 1. The predicted octanol–water partition coefficient (Wildman–Crippen LogP) is 3.57. The van der Waals surface area contributed by atoms with E-state index in [9.17, 15) is 4.79 Å². The lowest BCUT2D eigenvalue weighted by molar-refractivity contribution is 0.0909. The van der Waals surface area contributed by atoms with Crippen molar-refractivity contribution >= 4 is 16.7 Å². The Morgan fingerprint density at radius 2 is 1.94 bits per heavy atom. The standard InChI is InChI=1S/C24H25N5O2/c1-17(25-24(30)21-7-4-14-31-21)23-27-26-22-10-11-28(12-13-29(22)23)16-18-8-9-19-5-2-3-6-20(19)15-18/h2-9,14-15,17H,10-13,16H2,1H3,(H,25,30)/t17-/m1/s1. The summed E-state index contributed by atoms with van der Waals surface area (Å²) in [4.78, 5) is 14.8. The van der Waals surface area contributed by atoms with Gasteiger partial charge in [-0.25, -0.2) is 0 Å². The van der Waals surface area contributed by atoms with Gasteiger partial charge in [0.25, 0.3) is 5.91 Å². The Bertz CT molecular complexity index is 1200. The van der Waals surface area contributed by atoms with E-state index in [4.69, 9.17) is 4.42 Å². The van der Waals surface area contributed by atoms with Gasteiger partial charge in [0.05, 0.1) is 12.3 Å². The second-order valence-electron chi connectivity index (χ2n) is 8.01. The first-order valence-corrected chi connectivity index (χ1v) is 10.6. The minimum Gasteiger partial charge on any atom is -0.459 e. The lowest BCUT2D eigenvalue weighted by atomic mass is 10.1. The lowest BCUT2D eigenvalue weighted by Gasteiger charge is -2.20. The second-order valence-corrected chi connectivity index (χ2v) is 8.01. The summed E-state index contributed by atoms with van der Waals surface area (Å²) in [5.74, 6) is 1.79. The van der Waals surface area contributed by atoms with Crippen molar-refractivity contribution in [3.8, 4) is 0 Å². The molecule has 1 amide bonds. The normalized spacial score (nSPS) is 15.4. The van der Waals surface area contributed by atoms with Crippen molar-refractivity contribution in [2.45, 2.75) is 32.5 Å². The fraction of sp³-hybridized carbons (Fsp3) is 0.292. The maximum atomic E-state index is 12.3. The largest absolute Gasteiger partial charge is 0.459 e. The zero-order valence-corrected chi connectivity index (χ0v) is 17.5. The van der Waals surface area contributed by atoms with Crippen LogP contribution in [-0.4, -0.2) is 38.7 Å². The number of nitrogens with one attached hydrogen (secondary N) is 1. The SMILES string of the molecule is C[C@@H](NC(=O)c1ccco1)c1nnc2n1CCN(Cc1ccc3ccccc3c1)CC2. The van der Waals surface area contributed by atoms with Crippen molar-refractivity contribution in [1.29, 1.82) is 0 Å². The highest BCUT2D eigenvalue weighted by Crippen LogP contribution is 2.20. The third-order valence-electron chi connectivity index (χ3n) is 5.85. The zero-order chi connectivity index (χ0) is 21.2. The maximum Gasteiger partial charge on any atom is 0.287 e. The molecule has 158 valence electrons. The van der Waals surface area contributed by atoms with Crippen LogP contribution in [0, 0.1) is 0 Å². The molecule has 1 aliphatic rings. The zero-order valence-electron chi connectivity index (χ0n) is 17.5. The van der Waals surface area contributed by atoms with Gasteiger partial charge in [0.15, 0.2) is 11.6 Å². The number of nitrogens with zero attached hydrogens (tertiary/aromatic N) is 4. The number of carbonyl (C=O) groups is 1. The molecule has 0 radical (unpaired) electrons. The molecule has 3 heterocycles. The maximum absolute atomic E-state index is 12.3. The van der Waals surface area contributed by atoms with Gasteiger partial charge in [-0.3, -0.25) is 9.69 Å². The molecule has 1 N–H and O–H groups in total. The van der Waals surface area contributed by atoms with Gasteiger partial charge < -0.3 is 14.3 Å². The topological polar surface area (TPSA) is 76.2 Å². The van der Waals surface area contributed by atoms with E-state index in [1.54, 1.807) is 12.1 Å². The molecule has 31 heavy (non-hydrogen) atoms. The molecule has 2 aromatic carbocycles. The molecule has 0 saturated carbocycles. The molecule has 1 aliphatic heterocycles. The van der Waals surface area contributed by atoms with Crippen LogP contribution in [0.15, 0.2) is 65.3 Å². The Morgan fingerprint density at radius 1 is 1.06 bits per heavy atom. The summed E-state index contributed by atoms with van der Waals surface area (Å²) in [6, 6.07) is 18.2. The van der Waals surface area contributed by atoms with Crippen LogP contribution in [0.1, 0.15) is 40.7 Å². The van der Waals surface area contributed by atoms with E-state index in [2.05, 4.69) is 67.4 Å². The first-order valence-electron chi connectivity index (χ1n) is 10.6. The summed E-state index contributed by atoms with van der Waals surface area (Å²) in [7, 11) is 0. The molecule has 0 unspecified atom stereocenters. The van der Waals surface area contributed by atoms with E-state index >= 15 is 0 Å². The van der Waals surface area contributed by atoms with E-state index in [1.165, 1.54) is 22.6 Å². The van der Waals surface area contributed by atoms with E-state index in [-0.39, 0.29) is 11.9 Å². The van der Waals surface area contributed by atoms with Crippen LogP contribution in [0.25, 0.3) is 10.8 Å². The minimum absolute atomic E-state index is 0.249. The highest BCUT2D eigenvalue weighted by Gasteiger charge is 2.23. The third kappa shape index (κ3) is 4.09. The summed E-state index contributed by atoms with van der Waals surface area (Å²) in [5, 5.41) is 14.3. The second kappa shape index (κ2) is 8.35. The summed E-state index contributed by atoms with van der Waals surface area (Å²) < 4.78 is 7.33. The average Bonchev–Trinajstić information content (AvgIpc) is 3.42. The monoisotopic (exact) mass is 415 g/mol. The van der Waals surface area contributed by atoms with Gasteiger partial charge in [-0.2, -0.15) is 0 Å². The van der Waals surface area contributed by atoms with Gasteiger partial charge in [0, 0.05) is 32.6 Å². The van der Waals surface area contributed by atoms with Gasteiger partial charge in [-0.05, 0) is 41.5 Å². The van der Waals surface area contributed by atoms with Crippen LogP contribution >= 0.6 is 0 Å². The molecule has 0 aliphatic carbocycles. The average molecular weight is 415 g/mol. The summed E-state index contributed by atoms with van der Waals surface area (Å²) >= 11 is 0. The van der Waals surface area contributed by atoms with Crippen LogP contribution in [0.3, 0.4) is 0 Å². The Labute approximate surface area is 180 Å². The summed E-state index contributed by atoms with van der Waals surface area (Å²) in [6.45, 7) is 5.47. The van der Waals surface area contributed by atoms with Gasteiger partial charge in [-0.1, -0.05) is 36.4 Å². The highest BCUT2D eigenvalue weighted by atomic mass is 16.3. The van der Waals surface area contributed by atoms with Gasteiger partial charge >= 0.3 is 0 Å². The molecule has 5 rings (SSSR count). The van der Waals surface area contributed by atoms with E-state index in [0.717, 1.165) is 44.2 Å². The first kappa shape index (κ1) is 19.5. The van der Waals surface area contributed by atoms with Crippen LogP contribution in [0.4, 0.5) is 0 Å². The van der Waals surface area contributed by atoms with Crippen LogP contribution in [0.2, 0.25) is 0 Å². The van der Waals surface area contributed by atoms with Crippen molar-refractivity contribution in [2.75, 3.05) is 13.1 Å². The lowest BCUT2D eigenvalue weighted by Crippen LogP contribution is -2.30. The predicted molar refractivity (Wildman–Crippen MR) is 118 cm³/mol. The van der Waals surface area contributed by atoms with Gasteiger partial charge in [-0.15, -0.1) is 10.2 Å². The van der Waals surface area contributed by atoms with Gasteiger partial charge in [0.2, 0.25) is 0 Å². The number of rotatable bonds is 5. The number of hydrogen-bond acceptors (Lipinski definition) is 5. The smallest absolute Gasteiger partial charge is 0.287 e. The number of aromatic nitrogens is 3. The number of hydrogen-bond donors (Lipinski definition) is 1. The quantitative estimate of drug-likeness (QED) is 0.539. The first-order chi connectivity index (χ1) is 15.2. The molecule has 0 saturated heterocycles. The van der Waals surface area contributed by atoms with Crippen molar-refractivity contribution in [3.05, 3.63) is 83.8 Å². The fourth-order valence-electron chi connectivity index (χ4n) is 4.20. The van der Waals surface area contributed by atoms with Crippen molar-refractivity contribution in [3.63, 3.8) is 0 Å². The fourth-order valence-corrected chi connectivity index (χ4v) is 4.20. The van der Waals surface area contributed by atoms with Crippen LogP contribution in [0.5, 0.6) is 0 Å². The summed E-state index contributed by atoms with van der Waals surface area (Å²) in [6.07, 6.45) is 2.33. The molecule has 7 nitrogen and oxygen atoms in total. The molecular weight excluding hydrogens is 390 g/mol. The molecule has 0 fully saturated rings. The number of fused-ring (bicyclic) bond motifs is 2. The number of benzene rings is 2. The Hall–Kier alpha value is -3.45. The van der Waals surface area contributed by atoms with Crippen molar-refractivity contribution in [1.82, 2.24) is 25.0 Å². The van der Waals surface area contributed by atoms with E-state index in [1.807, 2.05) is 6.92 Å². The number of carbonyl (C=O) groups excluding carboxylic acids is 1. The molecule has 7 heteroatoms. The van der Waals surface area contributed by atoms with Crippen molar-refractivity contribution in [2.24, 2.45) is 0 Å². The summed E-state index contributed by atoms with van der Waals surface area (Å²) in [5.41, 5.74) is 1.32. The molecule has 0 spiro atoms. The molecular formula is C24H25N5O2. The van der Waals surface area contributed by atoms with Crippen LogP contribution < -0.4 is 5.32 Å². The number of furan rings is 1. The Kier molecular flexibility index (Phi) is 5.26. The van der Waals surface area contributed by atoms with Crippen LogP contribution in [-0.2, 0) is 19.5 Å². The highest BCUT2D eigenvalue weighted by molar-refractivity contribution is 5.91. The molecule has 2 aromatic heterocycles. The van der Waals surface area contributed by atoms with Crippen molar-refractivity contribution < 1.29 is 9.21 Å². The van der Waals surface area contributed by atoms with Gasteiger partial charge in [0.1, 0.15) is 5.82 Å². The molecule has 4 aromatic rings. The van der Waals surface area contributed by atoms with E-state index in [0.29, 0.717) is 5.76 Å². The molecule has 0 bridgehead atoms. The minimum atomic E-state index is -0.258. The Balaban J connectivity index is 1.26. The third-order valence-corrected chi connectivity index (χ3v) is 5.85. The molecule has 1 atom stereocenters.